The quantitative estimate of drug-likeness (QED) is 0.478. The van der Waals surface area contributed by atoms with Crippen molar-refractivity contribution in [3.8, 4) is 11.1 Å². The third-order valence-electron chi connectivity index (χ3n) is 5.66. The molecule has 0 unspecified atom stereocenters. The predicted octanol–water partition coefficient (Wildman–Crippen LogP) is 4.93. The Morgan fingerprint density at radius 1 is 0.946 bits per heavy atom. The number of aryl methyl sites for hydroxylation is 1. The molecule has 0 saturated carbocycles. The highest BCUT2D eigenvalue weighted by molar-refractivity contribution is 5.92. The van der Waals surface area contributed by atoms with Crippen LogP contribution in [-0.4, -0.2) is 69.6 Å². The number of alkyl halides is 6. The van der Waals surface area contributed by atoms with Crippen LogP contribution in [0.3, 0.4) is 0 Å². The van der Waals surface area contributed by atoms with E-state index in [0.717, 1.165) is 17.8 Å². The van der Waals surface area contributed by atoms with Gasteiger partial charge in [0.1, 0.15) is 11.4 Å². The van der Waals surface area contributed by atoms with Gasteiger partial charge >= 0.3 is 12.4 Å². The molecule has 1 aliphatic heterocycles. The number of carbonyl (C=O) groups is 1. The number of nitrogens with zero attached hydrogens (tertiary/aromatic N) is 5. The molecular formula is C24H22F6N6O. The molecule has 4 rings (SSSR count). The number of hydrogen-bond acceptors (Lipinski definition) is 6. The molecule has 7 nitrogen and oxygen atoms in total. The van der Waals surface area contributed by atoms with Crippen molar-refractivity contribution in [1.82, 2.24) is 24.8 Å². The van der Waals surface area contributed by atoms with Gasteiger partial charge in [0.2, 0.25) is 5.95 Å². The van der Waals surface area contributed by atoms with Crippen molar-refractivity contribution < 1.29 is 31.1 Å². The van der Waals surface area contributed by atoms with Crippen LogP contribution in [0.5, 0.6) is 0 Å². The van der Waals surface area contributed by atoms with E-state index in [1.54, 1.807) is 18.2 Å². The Bertz CT molecular complexity index is 1250. The van der Waals surface area contributed by atoms with E-state index < -0.39 is 24.6 Å². The third kappa shape index (κ3) is 6.94. The number of carbonyl (C=O) groups excluding carboxylic acids is 1. The number of pyridine rings is 1. The summed E-state index contributed by atoms with van der Waals surface area (Å²) >= 11 is 0. The van der Waals surface area contributed by atoms with Gasteiger partial charge in [-0.2, -0.15) is 26.3 Å². The van der Waals surface area contributed by atoms with Crippen LogP contribution in [0.4, 0.5) is 38.0 Å². The first-order chi connectivity index (χ1) is 17.4. The summed E-state index contributed by atoms with van der Waals surface area (Å²) < 4.78 is 76.6. The van der Waals surface area contributed by atoms with Gasteiger partial charge in [-0.15, -0.1) is 0 Å². The van der Waals surface area contributed by atoms with Gasteiger partial charge in [-0.1, -0.05) is 12.1 Å². The standard InChI is InChI=1S/C24H22F6N6O/c1-15-10-17(12-18(11-15)33-22-31-5-4-20(34-22)24(28,29)30)16-2-3-19(32-13-16)21(37)36-8-6-35(7-9-36)14-23(25,26)27/h2-5,10-13H,6-9,14H2,1H3,(H,31,33,34). The monoisotopic (exact) mass is 524 g/mol. The lowest BCUT2D eigenvalue weighted by Crippen LogP contribution is -2.51. The highest BCUT2D eigenvalue weighted by Crippen LogP contribution is 2.29. The number of anilines is 2. The molecule has 1 fully saturated rings. The van der Waals surface area contributed by atoms with E-state index in [1.165, 1.54) is 22.1 Å². The summed E-state index contributed by atoms with van der Waals surface area (Å²) in [5.74, 6) is -0.577. The lowest BCUT2D eigenvalue weighted by molar-refractivity contribution is -0.148. The van der Waals surface area contributed by atoms with Crippen LogP contribution < -0.4 is 5.32 Å². The lowest BCUT2D eigenvalue weighted by atomic mass is 10.0. The molecule has 1 saturated heterocycles. The van der Waals surface area contributed by atoms with Crippen LogP contribution in [0.25, 0.3) is 11.1 Å². The number of piperazine rings is 1. The second kappa shape index (κ2) is 10.3. The van der Waals surface area contributed by atoms with Crippen LogP contribution in [0.2, 0.25) is 0 Å². The Morgan fingerprint density at radius 3 is 2.30 bits per heavy atom. The summed E-state index contributed by atoms with van der Waals surface area (Å²) in [6, 6.07) is 9.25. The topological polar surface area (TPSA) is 74.2 Å². The Balaban J connectivity index is 1.45. The normalized spacial score (nSPS) is 15.1. The number of aromatic nitrogens is 3. The van der Waals surface area contributed by atoms with Crippen LogP contribution in [-0.2, 0) is 6.18 Å². The minimum atomic E-state index is -4.60. The number of benzene rings is 1. The molecule has 3 aromatic rings. The molecule has 1 N–H and O–H groups in total. The van der Waals surface area contributed by atoms with Crippen LogP contribution >= 0.6 is 0 Å². The van der Waals surface area contributed by atoms with Crippen LogP contribution in [0, 0.1) is 6.92 Å². The number of rotatable bonds is 5. The summed E-state index contributed by atoms with van der Waals surface area (Å²) in [7, 11) is 0. The van der Waals surface area contributed by atoms with Gasteiger partial charge in [0.05, 0.1) is 6.54 Å². The SMILES string of the molecule is Cc1cc(Nc2nccc(C(F)(F)F)n2)cc(-c2ccc(C(=O)N3CCN(CC(F)(F)F)CC3)nc2)c1. The number of halogens is 6. The molecule has 1 amide bonds. The molecule has 13 heteroatoms. The molecule has 196 valence electrons. The molecule has 3 heterocycles. The van der Waals surface area contributed by atoms with Gasteiger partial charge in [-0.25, -0.2) is 9.97 Å². The molecule has 1 aromatic carbocycles. The third-order valence-corrected chi connectivity index (χ3v) is 5.66. The van der Waals surface area contributed by atoms with Crippen LogP contribution in [0.15, 0.2) is 48.8 Å². The summed E-state index contributed by atoms with van der Waals surface area (Å²) in [5, 5.41) is 2.78. The zero-order chi connectivity index (χ0) is 26.8. The van der Waals surface area contributed by atoms with Crippen molar-refractivity contribution in [2.24, 2.45) is 0 Å². The summed E-state index contributed by atoms with van der Waals surface area (Å²) in [4.78, 5) is 27.1. The minimum Gasteiger partial charge on any atom is -0.335 e. The fourth-order valence-electron chi connectivity index (χ4n) is 3.94. The van der Waals surface area contributed by atoms with E-state index in [4.69, 9.17) is 0 Å². The van der Waals surface area contributed by atoms with Gasteiger partial charge in [-0.05, 0) is 42.3 Å². The van der Waals surface area contributed by atoms with E-state index in [-0.39, 0.29) is 43.7 Å². The Hall–Kier alpha value is -3.74. The first-order valence-electron chi connectivity index (χ1n) is 11.2. The molecule has 0 spiro atoms. The molecule has 1 aliphatic rings. The second-order valence-electron chi connectivity index (χ2n) is 8.59. The molecule has 0 atom stereocenters. The highest BCUT2D eigenvalue weighted by Gasteiger charge is 2.34. The van der Waals surface area contributed by atoms with Gasteiger partial charge in [-0.3, -0.25) is 14.7 Å². The maximum Gasteiger partial charge on any atom is 0.433 e. The average Bonchev–Trinajstić information content (AvgIpc) is 2.82. The number of amides is 1. The number of nitrogens with one attached hydrogen (secondary N) is 1. The maximum absolute atomic E-state index is 12.9. The molecule has 0 bridgehead atoms. The minimum absolute atomic E-state index is 0.123. The largest absolute Gasteiger partial charge is 0.433 e. The Morgan fingerprint density at radius 2 is 1.68 bits per heavy atom. The van der Waals surface area contributed by atoms with Gasteiger partial charge < -0.3 is 10.2 Å². The van der Waals surface area contributed by atoms with Crippen molar-refractivity contribution in [2.45, 2.75) is 19.3 Å². The van der Waals surface area contributed by atoms with Gasteiger partial charge in [0.25, 0.3) is 5.91 Å². The Kier molecular flexibility index (Phi) is 7.35. The van der Waals surface area contributed by atoms with Gasteiger partial charge in [0.15, 0.2) is 0 Å². The fraction of sp³-hybridized carbons (Fsp3) is 0.333. The number of hydrogen-bond donors (Lipinski definition) is 1. The van der Waals surface area contributed by atoms with Crippen molar-refractivity contribution in [3.05, 3.63) is 65.7 Å². The van der Waals surface area contributed by atoms with E-state index in [9.17, 15) is 31.1 Å². The predicted molar refractivity (Wildman–Crippen MR) is 123 cm³/mol. The van der Waals surface area contributed by atoms with E-state index in [0.29, 0.717) is 16.8 Å². The summed E-state index contributed by atoms with van der Waals surface area (Å²) in [6.07, 6.45) is -6.37. The second-order valence-corrected chi connectivity index (χ2v) is 8.59. The van der Waals surface area contributed by atoms with Crippen molar-refractivity contribution >= 4 is 17.5 Å². The average molecular weight is 524 g/mol. The van der Waals surface area contributed by atoms with Crippen molar-refractivity contribution in [2.75, 3.05) is 38.0 Å². The van der Waals surface area contributed by atoms with Crippen molar-refractivity contribution in [3.63, 3.8) is 0 Å². The zero-order valence-corrected chi connectivity index (χ0v) is 19.6. The molecule has 0 radical (unpaired) electrons. The van der Waals surface area contributed by atoms with Crippen LogP contribution in [0.1, 0.15) is 21.7 Å². The van der Waals surface area contributed by atoms with Gasteiger partial charge in [0, 0.05) is 49.8 Å². The molecule has 0 aliphatic carbocycles. The van der Waals surface area contributed by atoms with E-state index >= 15 is 0 Å². The molecule has 37 heavy (non-hydrogen) atoms. The highest BCUT2D eigenvalue weighted by atomic mass is 19.4. The smallest absolute Gasteiger partial charge is 0.335 e. The summed E-state index contributed by atoms with van der Waals surface area (Å²) in [5.41, 5.74) is 1.72. The Labute approximate surface area is 208 Å². The van der Waals surface area contributed by atoms with Crippen molar-refractivity contribution in [1.29, 1.82) is 0 Å². The maximum atomic E-state index is 12.9. The fourth-order valence-corrected chi connectivity index (χ4v) is 3.94. The van der Waals surface area contributed by atoms with E-state index in [1.807, 2.05) is 13.0 Å². The van der Waals surface area contributed by atoms with E-state index in [2.05, 4.69) is 20.3 Å². The molecule has 2 aromatic heterocycles. The first-order valence-corrected chi connectivity index (χ1v) is 11.2. The first kappa shape index (κ1) is 26.3. The molecular weight excluding hydrogens is 502 g/mol. The summed E-state index contributed by atoms with van der Waals surface area (Å²) in [6.45, 7) is 1.39. The zero-order valence-electron chi connectivity index (χ0n) is 19.6. The lowest BCUT2D eigenvalue weighted by Gasteiger charge is -2.34.